The Labute approximate surface area is 148 Å². The van der Waals surface area contributed by atoms with Crippen molar-refractivity contribution in [2.45, 2.75) is 13.1 Å². The van der Waals surface area contributed by atoms with E-state index in [1.54, 1.807) is 14.2 Å². The standard InChI is InChI=1S/C19H24N4O2/c1-20-19(22-13-16-9-6-10-17(11-16)25-2)23-14-18(24)21-12-15-7-4-3-5-8-15/h3-11H,12-14H2,1-2H3,(H,21,24)(H2,20,22,23). The highest BCUT2D eigenvalue weighted by Gasteiger charge is 2.04. The number of nitrogens with one attached hydrogen (secondary N) is 3. The van der Waals surface area contributed by atoms with E-state index in [2.05, 4.69) is 20.9 Å². The van der Waals surface area contributed by atoms with Crippen molar-refractivity contribution in [3.63, 3.8) is 0 Å². The summed E-state index contributed by atoms with van der Waals surface area (Å²) in [6.45, 7) is 1.25. The molecule has 3 N–H and O–H groups in total. The molecule has 0 aliphatic rings. The number of benzene rings is 2. The van der Waals surface area contributed by atoms with E-state index >= 15 is 0 Å². The molecule has 6 heteroatoms. The molecule has 0 aliphatic heterocycles. The van der Waals surface area contributed by atoms with Crippen LogP contribution in [-0.4, -0.2) is 32.6 Å². The first-order valence-corrected chi connectivity index (χ1v) is 8.09. The molecule has 0 saturated carbocycles. The molecule has 0 unspecified atom stereocenters. The maximum absolute atomic E-state index is 11.9. The van der Waals surface area contributed by atoms with Crippen molar-refractivity contribution in [1.82, 2.24) is 16.0 Å². The van der Waals surface area contributed by atoms with Crippen molar-refractivity contribution in [2.24, 2.45) is 4.99 Å². The summed E-state index contributed by atoms with van der Waals surface area (Å²) in [6, 6.07) is 17.6. The molecule has 2 aromatic carbocycles. The fourth-order valence-electron chi connectivity index (χ4n) is 2.21. The zero-order valence-electron chi connectivity index (χ0n) is 14.6. The average molecular weight is 340 g/mol. The third-order valence-electron chi connectivity index (χ3n) is 3.57. The number of hydrogen-bond donors (Lipinski definition) is 3. The Hall–Kier alpha value is -3.02. The van der Waals surface area contributed by atoms with Crippen LogP contribution in [0, 0.1) is 0 Å². The van der Waals surface area contributed by atoms with Gasteiger partial charge >= 0.3 is 0 Å². The van der Waals surface area contributed by atoms with Crippen LogP contribution in [0.3, 0.4) is 0 Å². The maximum atomic E-state index is 11.9. The Balaban J connectivity index is 1.73. The number of hydrogen-bond acceptors (Lipinski definition) is 3. The third-order valence-corrected chi connectivity index (χ3v) is 3.57. The van der Waals surface area contributed by atoms with Gasteiger partial charge < -0.3 is 20.7 Å². The molecular formula is C19H24N4O2. The van der Waals surface area contributed by atoms with E-state index in [1.165, 1.54) is 0 Å². The lowest BCUT2D eigenvalue weighted by Crippen LogP contribution is -2.42. The average Bonchev–Trinajstić information content (AvgIpc) is 2.67. The number of carbonyl (C=O) groups excluding carboxylic acids is 1. The minimum atomic E-state index is -0.0896. The van der Waals surface area contributed by atoms with E-state index < -0.39 is 0 Å². The number of methoxy groups -OCH3 is 1. The van der Waals surface area contributed by atoms with Gasteiger partial charge in [0.25, 0.3) is 0 Å². The number of carbonyl (C=O) groups is 1. The molecule has 0 heterocycles. The van der Waals surface area contributed by atoms with Crippen molar-refractivity contribution in [3.8, 4) is 5.75 Å². The first-order chi connectivity index (χ1) is 12.2. The van der Waals surface area contributed by atoms with Crippen LogP contribution in [0.1, 0.15) is 11.1 Å². The van der Waals surface area contributed by atoms with Crippen molar-refractivity contribution in [3.05, 3.63) is 65.7 Å². The Morgan fingerprint density at radius 3 is 2.40 bits per heavy atom. The fourth-order valence-corrected chi connectivity index (χ4v) is 2.21. The number of nitrogens with zero attached hydrogens (tertiary/aromatic N) is 1. The molecule has 0 fully saturated rings. The van der Waals surface area contributed by atoms with Crippen LogP contribution in [0.25, 0.3) is 0 Å². The van der Waals surface area contributed by atoms with Crippen LogP contribution < -0.4 is 20.7 Å². The lowest BCUT2D eigenvalue weighted by atomic mass is 10.2. The van der Waals surface area contributed by atoms with Gasteiger partial charge in [-0.15, -0.1) is 0 Å². The molecule has 0 spiro atoms. The smallest absolute Gasteiger partial charge is 0.239 e. The SMILES string of the molecule is CN=C(NCC(=O)NCc1ccccc1)NCc1cccc(OC)c1. The number of rotatable bonds is 7. The summed E-state index contributed by atoms with van der Waals surface area (Å²) >= 11 is 0. The van der Waals surface area contributed by atoms with Crippen LogP contribution in [0.5, 0.6) is 5.75 Å². The Morgan fingerprint density at radius 1 is 0.960 bits per heavy atom. The van der Waals surface area contributed by atoms with E-state index in [4.69, 9.17) is 4.74 Å². The Morgan fingerprint density at radius 2 is 1.68 bits per heavy atom. The molecule has 0 atom stereocenters. The molecule has 132 valence electrons. The minimum absolute atomic E-state index is 0.0896. The van der Waals surface area contributed by atoms with E-state index in [0.717, 1.165) is 16.9 Å². The summed E-state index contributed by atoms with van der Waals surface area (Å²) in [4.78, 5) is 16.0. The summed E-state index contributed by atoms with van der Waals surface area (Å²) in [5, 5.41) is 9.04. The van der Waals surface area contributed by atoms with Crippen molar-refractivity contribution >= 4 is 11.9 Å². The number of ether oxygens (including phenoxy) is 1. The molecule has 0 aromatic heterocycles. The van der Waals surface area contributed by atoms with E-state index in [0.29, 0.717) is 19.0 Å². The van der Waals surface area contributed by atoms with Gasteiger partial charge in [-0.1, -0.05) is 42.5 Å². The summed E-state index contributed by atoms with van der Waals surface area (Å²) in [5.74, 6) is 1.29. The van der Waals surface area contributed by atoms with Crippen LogP contribution in [0.15, 0.2) is 59.6 Å². The van der Waals surface area contributed by atoms with Gasteiger partial charge in [0.1, 0.15) is 5.75 Å². The predicted octanol–water partition coefficient (Wildman–Crippen LogP) is 1.68. The normalized spacial score (nSPS) is 10.9. The first-order valence-electron chi connectivity index (χ1n) is 8.09. The molecule has 6 nitrogen and oxygen atoms in total. The lowest BCUT2D eigenvalue weighted by molar-refractivity contribution is -0.120. The van der Waals surface area contributed by atoms with Crippen molar-refractivity contribution in [1.29, 1.82) is 0 Å². The molecule has 0 aliphatic carbocycles. The van der Waals surface area contributed by atoms with Gasteiger partial charge in [-0.05, 0) is 23.3 Å². The Bertz CT molecular complexity index is 702. The summed E-state index contributed by atoms with van der Waals surface area (Å²) in [6.07, 6.45) is 0. The van der Waals surface area contributed by atoms with Crippen molar-refractivity contribution in [2.75, 3.05) is 20.7 Å². The molecule has 2 rings (SSSR count). The van der Waals surface area contributed by atoms with Crippen LogP contribution in [0.2, 0.25) is 0 Å². The molecule has 1 amide bonds. The monoisotopic (exact) mass is 340 g/mol. The van der Waals surface area contributed by atoms with Gasteiger partial charge in [-0.25, -0.2) is 0 Å². The highest BCUT2D eigenvalue weighted by Crippen LogP contribution is 2.11. The summed E-state index contributed by atoms with van der Waals surface area (Å²) < 4.78 is 5.20. The highest BCUT2D eigenvalue weighted by atomic mass is 16.5. The quantitative estimate of drug-likeness (QED) is 0.529. The molecule has 2 aromatic rings. The fraction of sp³-hybridized carbons (Fsp3) is 0.263. The van der Waals surface area contributed by atoms with Gasteiger partial charge in [0.05, 0.1) is 13.7 Å². The maximum Gasteiger partial charge on any atom is 0.239 e. The van der Waals surface area contributed by atoms with E-state index in [-0.39, 0.29) is 12.5 Å². The van der Waals surface area contributed by atoms with E-state index in [9.17, 15) is 4.79 Å². The zero-order valence-corrected chi connectivity index (χ0v) is 14.6. The largest absolute Gasteiger partial charge is 0.497 e. The predicted molar refractivity (Wildman–Crippen MR) is 99.5 cm³/mol. The highest BCUT2D eigenvalue weighted by molar-refractivity contribution is 5.86. The zero-order chi connectivity index (χ0) is 17.9. The minimum Gasteiger partial charge on any atom is -0.497 e. The number of guanidine groups is 1. The molecule has 0 bridgehead atoms. The van der Waals surface area contributed by atoms with Crippen molar-refractivity contribution < 1.29 is 9.53 Å². The molecular weight excluding hydrogens is 316 g/mol. The van der Waals surface area contributed by atoms with Gasteiger partial charge in [0.15, 0.2) is 5.96 Å². The van der Waals surface area contributed by atoms with Gasteiger partial charge in [-0.2, -0.15) is 0 Å². The van der Waals surface area contributed by atoms with E-state index in [1.807, 2.05) is 54.6 Å². The second-order valence-corrected chi connectivity index (χ2v) is 5.39. The second-order valence-electron chi connectivity index (χ2n) is 5.39. The number of amides is 1. The Kier molecular flexibility index (Phi) is 7.31. The van der Waals surface area contributed by atoms with Crippen LogP contribution in [-0.2, 0) is 17.9 Å². The van der Waals surface area contributed by atoms with Gasteiger partial charge in [-0.3, -0.25) is 9.79 Å². The van der Waals surface area contributed by atoms with Gasteiger partial charge in [0.2, 0.25) is 5.91 Å². The first kappa shape index (κ1) is 18.3. The molecule has 0 saturated heterocycles. The summed E-state index contributed by atoms with van der Waals surface area (Å²) in [5.41, 5.74) is 2.13. The second kappa shape index (κ2) is 9.97. The summed E-state index contributed by atoms with van der Waals surface area (Å²) in [7, 11) is 3.31. The topological polar surface area (TPSA) is 74.8 Å². The number of aliphatic imine (C=N–C) groups is 1. The third kappa shape index (κ3) is 6.55. The van der Waals surface area contributed by atoms with Gasteiger partial charge in [0, 0.05) is 20.1 Å². The molecule has 0 radical (unpaired) electrons. The molecule has 25 heavy (non-hydrogen) atoms. The van der Waals surface area contributed by atoms with Crippen LogP contribution >= 0.6 is 0 Å². The van der Waals surface area contributed by atoms with Crippen LogP contribution in [0.4, 0.5) is 0 Å². The lowest BCUT2D eigenvalue weighted by Gasteiger charge is -2.12.